The molecule has 0 aliphatic carbocycles. The molecule has 0 fully saturated rings. The Labute approximate surface area is 170 Å². The number of halogens is 1. The van der Waals surface area contributed by atoms with E-state index in [1.165, 1.54) is 7.11 Å². The zero-order valence-corrected chi connectivity index (χ0v) is 16.9. The van der Waals surface area contributed by atoms with Crippen molar-refractivity contribution in [1.29, 1.82) is 0 Å². The van der Waals surface area contributed by atoms with E-state index >= 15 is 0 Å². The van der Waals surface area contributed by atoms with E-state index in [9.17, 15) is 13.2 Å². The van der Waals surface area contributed by atoms with Crippen LogP contribution in [0.5, 0.6) is 5.75 Å². The van der Waals surface area contributed by atoms with Crippen LogP contribution in [0.25, 0.3) is 0 Å². The van der Waals surface area contributed by atoms with Crippen molar-refractivity contribution in [1.82, 2.24) is 14.9 Å². The normalized spacial score (nSPS) is 11.2. The molecule has 0 aliphatic heterocycles. The second-order valence-electron chi connectivity index (χ2n) is 5.44. The van der Waals surface area contributed by atoms with Crippen molar-refractivity contribution in [3.8, 4) is 5.75 Å². The van der Waals surface area contributed by atoms with Gasteiger partial charge in [-0.3, -0.25) is 10.1 Å². The van der Waals surface area contributed by atoms with Gasteiger partial charge in [0.15, 0.2) is 0 Å². The number of aromatic nitrogens is 2. The topological polar surface area (TPSA) is 110 Å². The third-order valence-electron chi connectivity index (χ3n) is 3.62. The number of methoxy groups -OCH3 is 1. The standard InChI is InChI=1S/C17H15ClN4O4S2/c1-26-14-9-5-2-6-11(14)10-19-28(24,25)17-22-21-16(27-17)20-15(23)12-7-3-4-8-13(12)18/h2-9,19H,10H2,1H3,(H,20,21,23). The number of nitrogens with zero attached hydrogens (tertiary/aromatic N) is 2. The van der Waals surface area contributed by atoms with E-state index in [1.54, 1.807) is 48.5 Å². The first kappa shape index (κ1) is 20.2. The summed E-state index contributed by atoms with van der Waals surface area (Å²) in [5, 5.41) is 10.2. The number of carbonyl (C=O) groups is 1. The van der Waals surface area contributed by atoms with Crippen molar-refractivity contribution in [2.75, 3.05) is 12.4 Å². The number of para-hydroxylation sites is 1. The van der Waals surface area contributed by atoms with Gasteiger partial charge in [-0.1, -0.05) is 53.3 Å². The zero-order valence-electron chi connectivity index (χ0n) is 14.5. The molecule has 0 saturated carbocycles. The summed E-state index contributed by atoms with van der Waals surface area (Å²) in [5.74, 6) is 0.0582. The number of amides is 1. The van der Waals surface area contributed by atoms with Crippen molar-refractivity contribution in [3.05, 3.63) is 64.7 Å². The minimum Gasteiger partial charge on any atom is -0.496 e. The van der Waals surface area contributed by atoms with Gasteiger partial charge in [-0.05, 0) is 18.2 Å². The Hall–Kier alpha value is -2.53. The van der Waals surface area contributed by atoms with Gasteiger partial charge in [0.05, 0.1) is 17.7 Å². The highest BCUT2D eigenvalue weighted by atomic mass is 35.5. The minimum atomic E-state index is -3.91. The second-order valence-corrected chi connectivity index (χ2v) is 8.77. The molecule has 8 nitrogen and oxygen atoms in total. The van der Waals surface area contributed by atoms with E-state index in [1.807, 2.05) is 0 Å². The molecule has 0 bridgehead atoms. The number of carbonyl (C=O) groups excluding carboxylic acids is 1. The van der Waals surface area contributed by atoms with E-state index in [-0.39, 0.29) is 26.6 Å². The molecule has 1 amide bonds. The number of hydrogen-bond acceptors (Lipinski definition) is 7. The van der Waals surface area contributed by atoms with E-state index in [0.29, 0.717) is 11.3 Å². The fourth-order valence-corrected chi connectivity index (χ4v) is 4.43. The first-order chi connectivity index (χ1) is 13.4. The number of benzene rings is 2. The number of sulfonamides is 1. The molecule has 11 heteroatoms. The van der Waals surface area contributed by atoms with Gasteiger partial charge in [0.25, 0.3) is 15.9 Å². The largest absolute Gasteiger partial charge is 0.496 e. The van der Waals surface area contributed by atoms with Gasteiger partial charge in [0.2, 0.25) is 9.47 Å². The summed E-state index contributed by atoms with van der Waals surface area (Å²) in [6.07, 6.45) is 0. The van der Waals surface area contributed by atoms with Gasteiger partial charge in [0.1, 0.15) is 5.75 Å². The summed E-state index contributed by atoms with van der Waals surface area (Å²) in [7, 11) is -2.40. The molecule has 3 aromatic rings. The van der Waals surface area contributed by atoms with Crippen LogP contribution in [0.15, 0.2) is 52.9 Å². The van der Waals surface area contributed by atoms with Gasteiger partial charge in [-0.15, -0.1) is 10.2 Å². The molecule has 1 heterocycles. The van der Waals surface area contributed by atoms with Crippen LogP contribution in [0, 0.1) is 0 Å². The summed E-state index contributed by atoms with van der Waals surface area (Å²) in [5.41, 5.74) is 0.920. The lowest BCUT2D eigenvalue weighted by atomic mass is 10.2. The number of anilines is 1. The van der Waals surface area contributed by atoms with Crippen molar-refractivity contribution in [3.63, 3.8) is 0 Å². The van der Waals surface area contributed by atoms with Crippen LogP contribution in [0.4, 0.5) is 5.13 Å². The SMILES string of the molecule is COc1ccccc1CNS(=O)(=O)c1nnc(NC(=O)c2ccccc2Cl)s1. The highest BCUT2D eigenvalue weighted by molar-refractivity contribution is 7.91. The number of rotatable bonds is 7. The predicted octanol–water partition coefficient (Wildman–Crippen LogP) is 2.93. The maximum absolute atomic E-state index is 12.5. The lowest BCUT2D eigenvalue weighted by Crippen LogP contribution is -2.23. The Morgan fingerprint density at radius 3 is 2.61 bits per heavy atom. The predicted molar refractivity (Wildman–Crippen MR) is 106 cm³/mol. The molecular weight excluding hydrogens is 424 g/mol. The average Bonchev–Trinajstić information content (AvgIpc) is 3.16. The van der Waals surface area contributed by atoms with Crippen molar-refractivity contribution >= 4 is 44.0 Å². The van der Waals surface area contributed by atoms with Crippen LogP contribution in [0.3, 0.4) is 0 Å². The average molecular weight is 439 g/mol. The Morgan fingerprint density at radius 1 is 1.14 bits per heavy atom. The Bertz CT molecular complexity index is 1100. The van der Waals surface area contributed by atoms with Crippen LogP contribution < -0.4 is 14.8 Å². The van der Waals surface area contributed by atoms with E-state index in [4.69, 9.17) is 16.3 Å². The van der Waals surface area contributed by atoms with Crippen LogP contribution in [0.1, 0.15) is 15.9 Å². The summed E-state index contributed by atoms with van der Waals surface area (Å²) < 4.78 is 32.3. The maximum Gasteiger partial charge on any atom is 0.270 e. The fourth-order valence-electron chi connectivity index (χ4n) is 2.26. The van der Waals surface area contributed by atoms with Gasteiger partial charge in [-0.2, -0.15) is 0 Å². The lowest BCUT2D eigenvalue weighted by Gasteiger charge is -2.08. The van der Waals surface area contributed by atoms with Crippen molar-refractivity contribution in [2.24, 2.45) is 0 Å². The van der Waals surface area contributed by atoms with Crippen LogP contribution >= 0.6 is 22.9 Å². The molecule has 0 atom stereocenters. The Morgan fingerprint density at radius 2 is 1.86 bits per heavy atom. The molecule has 2 aromatic carbocycles. The first-order valence-corrected chi connectivity index (χ1v) is 10.6. The number of hydrogen-bond donors (Lipinski definition) is 2. The van der Waals surface area contributed by atoms with Crippen LogP contribution in [0.2, 0.25) is 5.02 Å². The number of nitrogens with one attached hydrogen (secondary N) is 2. The summed E-state index contributed by atoms with van der Waals surface area (Å²) >= 11 is 6.71. The first-order valence-electron chi connectivity index (χ1n) is 7.91. The fraction of sp³-hybridized carbons (Fsp3) is 0.118. The summed E-state index contributed by atoms with van der Waals surface area (Å²) in [6.45, 7) is 0.0211. The Balaban J connectivity index is 1.70. The van der Waals surface area contributed by atoms with E-state index in [2.05, 4.69) is 20.2 Å². The molecule has 3 rings (SSSR count). The van der Waals surface area contributed by atoms with Gasteiger partial charge >= 0.3 is 0 Å². The molecule has 2 N–H and O–H groups in total. The van der Waals surface area contributed by atoms with Crippen LogP contribution in [-0.4, -0.2) is 31.6 Å². The van der Waals surface area contributed by atoms with Crippen molar-refractivity contribution in [2.45, 2.75) is 10.9 Å². The minimum absolute atomic E-state index is 0.0211. The molecule has 0 unspecified atom stereocenters. The van der Waals surface area contributed by atoms with E-state index < -0.39 is 15.9 Å². The van der Waals surface area contributed by atoms with Gasteiger partial charge < -0.3 is 4.74 Å². The molecule has 28 heavy (non-hydrogen) atoms. The number of ether oxygens (including phenoxy) is 1. The zero-order chi connectivity index (χ0) is 20.1. The molecular formula is C17H15ClN4O4S2. The lowest BCUT2D eigenvalue weighted by molar-refractivity contribution is 0.102. The molecule has 0 aliphatic rings. The quantitative estimate of drug-likeness (QED) is 0.549. The monoisotopic (exact) mass is 438 g/mol. The molecule has 146 valence electrons. The highest BCUT2D eigenvalue weighted by Crippen LogP contribution is 2.23. The molecule has 0 radical (unpaired) electrons. The molecule has 0 saturated heterocycles. The molecule has 1 aromatic heterocycles. The van der Waals surface area contributed by atoms with Crippen molar-refractivity contribution < 1.29 is 17.9 Å². The molecule has 0 spiro atoms. The van der Waals surface area contributed by atoms with Crippen LogP contribution in [-0.2, 0) is 16.6 Å². The van der Waals surface area contributed by atoms with E-state index in [0.717, 1.165) is 11.3 Å². The van der Waals surface area contributed by atoms with Gasteiger partial charge in [-0.25, -0.2) is 13.1 Å². The second kappa shape index (κ2) is 8.65. The Kier molecular flexibility index (Phi) is 6.25. The third-order valence-corrected chi connectivity index (χ3v) is 6.56. The third kappa shape index (κ3) is 4.65. The highest BCUT2D eigenvalue weighted by Gasteiger charge is 2.22. The maximum atomic E-state index is 12.5. The summed E-state index contributed by atoms with van der Waals surface area (Å²) in [6, 6.07) is 13.5. The summed E-state index contributed by atoms with van der Waals surface area (Å²) in [4.78, 5) is 12.2. The van der Waals surface area contributed by atoms with Gasteiger partial charge in [0, 0.05) is 12.1 Å². The smallest absolute Gasteiger partial charge is 0.270 e.